The Morgan fingerprint density at radius 2 is 1.97 bits per heavy atom. The minimum atomic E-state index is -4.55. The Balaban J connectivity index is 1.50. The summed E-state index contributed by atoms with van der Waals surface area (Å²) in [6, 6.07) is 7.85. The molecular weight excluding hydrogens is 393 g/mol. The van der Waals surface area contributed by atoms with Gasteiger partial charge >= 0.3 is 12.1 Å². The molecule has 10 heteroatoms. The number of benzene rings is 1. The molecule has 7 nitrogen and oxygen atoms in total. The molecule has 0 fully saturated rings. The van der Waals surface area contributed by atoms with Gasteiger partial charge in [-0.2, -0.15) is 13.2 Å². The van der Waals surface area contributed by atoms with E-state index in [1.54, 1.807) is 18.2 Å². The fraction of sp³-hybridized carbons (Fsp3) is 0.316. The van der Waals surface area contributed by atoms with Crippen molar-refractivity contribution in [2.24, 2.45) is 0 Å². The SMILES string of the molecule is O=C1CCc2cc(OCCOC(=O)c3cccnc3OCC(F)(F)F)ccc2N1. The van der Waals surface area contributed by atoms with E-state index in [1.165, 1.54) is 18.3 Å². The van der Waals surface area contributed by atoms with Gasteiger partial charge in [-0.3, -0.25) is 4.79 Å². The normalized spacial score (nSPS) is 13.3. The summed E-state index contributed by atoms with van der Waals surface area (Å²) in [6.07, 6.45) is -2.33. The van der Waals surface area contributed by atoms with Gasteiger partial charge in [0.1, 0.15) is 24.5 Å². The van der Waals surface area contributed by atoms with Gasteiger partial charge in [0, 0.05) is 18.3 Å². The first-order valence-corrected chi connectivity index (χ1v) is 8.69. The van der Waals surface area contributed by atoms with Crippen LogP contribution in [-0.2, 0) is 16.0 Å². The van der Waals surface area contributed by atoms with Crippen LogP contribution >= 0.6 is 0 Å². The number of esters is 1. The molecule has 0 bridgehead atoms. The minimum Gasteiger partial charge on any atom is -0.490 e. The van der Waals surface area contributed by atoms with Crippen LogP contribution in [0.3, 0.4) is 0 Å². The van der Waals surface area contributed by atoms with Gasteiger partial charge in [0.05, 0.1) is 0 Å². The molecule has 0 atom stereocenters. The van der Waals surface area contributed by atoms with Crippen LogP contribution in [0.1, 0.15) is 22.3 Å². The van der Waals surface area contributed by atoms with Gasteiger partial charge in [-0.1, -0.05) is 0 Å². The third kappa shape index (κ3) is 5.84. The van der Waals surface area contributed by atoms with E-state index in [4.69, 9.17) is 9.47 Å². The number of anilines is 1. The summed E-state index contributed by atoms with van der Waals surface area (Å²) in [4.78, 5) is 27.1. The number of nitrogens with zero attached hydrogens (tertiary/aromatic N) is 1. The molecule has 1 amide bonds. The van der Waals surface area contributed by atoms with E-state index >= 15 is 0 Å². The number of ether oxygens (including phenoxy) is 3. The molecule has 2 heterocycles. The van der Waals surface area contributed by atoms with Gasteiger partial charge in [0.15, 0.2) is 6.61 Å². The monoisotopic (exact) mass is 410 g/mol. The van der Waals surface area contributed by atoms with Crippen molar-refractivity contribution >= 4 is 17.6 Å². The number of halogens is 3. The fourth-order valence-electron chi connectivity index (χ4n) is 2.63. The van der Waals surface area contributed by atoms with Gasteiger partial charge < -0.3 is 19.5 Å². The Hall–Kier alpha value is -3.30. The average Bonchev–Trinajstić information content (AvgIpc) is 2.69. The Labute approximate surface area is 163 Å². The highest BCUT2D eigenvalue weighted by atomic mass is 19.4. The Morgan fingerprint density at radius 1 is 1.14 bits per heavy atom. The molecule has 1 aliphatic heterocycles. The van der Waals surface area contributed by atoms with Crippen molar-refractivity contribution in [3.63, 3.8) is 0 Å². The predicted octanol–water partition coefficient (Wildman–Crippen LogP) is 3.14. The van der Waals surface area contributed by atoms with Crippen molar-refractivity contribution in [2.75, 3.05) is 25.1 Å². The van der Waals surface area contributed by atoms with E-state index in [9.17, 15) is 22.8 Å². The zero-order chi connectivity index (χ0) is 20.9. The first-order chi connectivity index (χ1) is 13.8. The maximum absolute atomic E-state index is 12.3. The zero-order valence-electron chi connectivity index (χ0n) is 15.1. The van der Waals surface area contributed by atoms with Gasteiger partial charge in [0.25, 0.3) is 0 Å². The lowest BCUT2D eigenvalue weighted by Crippen LogP contribution is -2.21. The molecule has 0 saturated heterocycles. The first kappa shape index (κ1) is 20.4. The predicted molar refractivity (Wildman–Crippen MR) is 95.0 cm³/mol. The van der Waals surface area contributed by atoms with Crippen LogP contribution < -0.4 is 14.8 Å². The summed E-state index contributed by atoms with van der Waals surface area (Å²) in [7, 11) is 0. The van der Waals surface area contributed by atoms with Crippen molar-refractivity contribution in [3.8, 4) is 11.6 Å². The van der Waals surface area contributed by atoms with Crippen molar-refractivity contribution in [3.05, 3.63) is 47.7 Å². The summed E-state index contributed by atoms with van der Waals surface area (Å²) in [5.41, 5.74) is 1.48. The Morgan fingerprint density at radius 3 is 2.76 bits per heavy atom. The minimum absolute atomic E-state index is 0.0351. The number of aryl methyl sites for hydroxylation is 1. The summed E-state index contributed by atoms with van der Waals surface area (Å²) in [5, 5.41) is 2.76. The number of carbonyl (C=O) groups excluding carboxylic acids is 2. The average molecular weight is 410 g/mol. The highest BCUT2D eigenvalue weighted by Gasteiger charge is 2.29. The van der Waals surface area contributed by atoms with Gasteiger partial charge in [-0.15, -0.1) is 0 Å². The largest absolute Gasteiger partial charge is 0.490 e. The third-order valence-corrected chi connectivity index (χ3v) is 3.92. The molecule has 0 unspecified atom stereocenters. The lowest BCUT2D eigenvalue weighted by Gasteiger charge is -2.17. The number of hydrogen-bond donors (Lipinski definition) is 1. The molecule has 3 rings (SSSR count). The van der Waals surface area contributed by atoms with E-state index in [2.05, 4.69) is 15.0 Å². The fourth-order valence-corrected chi connectivity index (χ4v) is 2.63. The second-order valence-electron chi connectivity index (χ2n) is 6.11. The standard InChI is InChI=1S/C19H17F3N2O5/c20-19(21,22)11-29-17-14(2-1-7-23-17)18(26)28-9-8-27-13-4-5-15-12(10-13)3-6-16(25)24-15/h1-2,4-5,7,10H,3,6,8-9,11H2,(H,24,25). The first-order valence-electron chi connectivity index (χ1n) is 8.69. The summed E-state index contributed by atoms with van der Waals surface area (Å²) in [5.74, 6) is -0.807. The second kappa shape index (κ2) is 8.80. The number of pyridine rings is 1. The highest BCUT2D eigenvalue weighted by Crippen LogP contribution is 2.27. The van der Waals surface area contributed by atoms with Crippen molar-refractivity contribution in [1.82, 2.24) is 4.98 Å². The van der Waals surface area contributed by atoms with Crippen LogP contribution in [0.2, 0.25) is 0 Å². The van der Waals surface area contributed by atoms with Crippen molar-refractivity contribution < 1.29 is 37.0 Å². The molecule has 154 valence electrons. The van der Waals surface area contributed by atoms with Crippen LogP contribution in [0.25, 0.3) is 0 Å². The van der Waals surface area contributed by atoms with Gasteiger partial charge in [-0.25, -0.2) is 9.78 Å². The second-order valence-corrected chi connectivity index (χ2v) is 6.11. The van der Waals surface area contributed by atoms with Crippen molar-refractivity contribution in [2.45, 2.75) is 19.0 Å². The van der Waals surface area contributed by atoms with Gasteiger partial charge in [0.2, 0.25) is 11.8 Å². The van der Waals surface area contributed by atoms with E-state index in [1.807, 2.05) is 0 Å². The number of amides is 1. The van der Waals surface area contributed by atoms with E-state index in [0.29, 0.717) is 18.6 Å². The number of nitrogens with one attached hydrogen (secondary N) is 1. The number of aromatic nitrogens is 1. The Bertz CT molecular complexity index is 902. The maximum Gasteiger partial charge on any atom is 0.422 e. The Kier molecular flexibility index (Phi) is 6.20. The van der Waals surface area contributed by atoms with E-state index in [0.717, 1.165) is 11.3 Å². The van der Waals surface area contributed by atoms with Crippen LogP contribution in [0, 0.1) is 0 Å². The highest BCUT2D eigenvalue weighted by molar-refractivity contribution is 5.94. The summed E-state index contributed by atoms with van der Waals surface area (Å²) >= 11 is 0. The quantitative estimate of drug-likeness (QED) is 0.558. The number of rotatable bonds is 7. The summed E-state index contributed by atoms with van der Waals surface area (Å²) in [6.45, 7) is -1.65. The van der Waals surface area contributed by atoms with Crippen LogP contribution in [0.4, 0.5) is 18.9 Å². The molecule has 1 N–H and O–H groups in total. The lowest BCUT2D eigenvalue weighted by molar-refractivity contribution is -0.154. The zero-order valence-corrected chi connectivity index (χ0v) is 15.1. The molecule has 1 aromatic carbocycles. The molecular formula is C19H17F3N2O5. The lowest BCUT2D eigenvalue weighted by atomic mass is 10.0. The molecule has 0 saturated carbocycles. The summed E-state index contributed by atoms with van der Waals surface area (Å²) < 4.78 is 52.0. The molecule has 0 radical (unpaired) electrons. The van der Waals surface area contributed by atoms with Crippen LogP contribution in [0.15, 0.2) is 36.5 Å². The van der Waals surface area contributed by atoms with Crippen molar-refractivity contribution in [1.29, 1.82) is 0 Å². The number of hydrogen-bond acceptors (Lipinski definition) is 6. The maximum atomic E-state index is 12.3. The smallest absolute Gasteiger partial charge is 0.422 e. The number of carbonyl (C=O) groups is 2. The molecule has 0 aliphatic carbocycles. The van der Waals surface area contributed by atoms with Crippen LogP contribution in [-0.4, -0.2) is 42.9 Å². The van der Waals surface area contributed by atoms with Crippen LogP contribution in [0.5, 0.6) is 11.6 Å². The van der Waals surface area contributed by atoms with Gasteiger partial charge in [-0.05, 0) is 42.3 Å². The molecule has 2 aromatic rings. The molecule has 0 spiro atoms. The molecule has 1 aromatic heterocycles. The molecule has 1 aliphatic rings. The third-order valence-electron chi connectivity index (χ3n) is 3.92. The molecule has 29 heavy (non-hydrogen) atoms. The van der Waals surface area contributed by atoms with E-state index < -0.39 is 24.6 Å². The number of alkyl halides is 3. The topological polar surface area (TPSA) is 86.8 Å². The number of fused-ring (bicyclic) bond motifs is 1. The van der Waals surface area contributed by atoms with E-state index in [-0.39, 0.29) is 24.7 Å².